The number of hydrogen-bond donors (Lipinski definition) is 2. The Hall–Kier alpha value is 0.0500. The Morgan fingerprint density at radius 1 is 1.10 bits per heavy atom. The molecule has 20 heavy (non-hydrogen) atoms. The summed E-state index contributed by atoms with van der Waals surface area (Å²) in [4.78, 5) is 0.241. The normalized spacial score (nSPS) is 11.8. The van der Waals surface area contributed by atoms with Crippen LogP contribution in [0.2, 0.25) is 0 Å². The van der Waals surface area contributed by atoms with Crippen molar-refractivity contribution in [1.29, 1.82) is 0 Å². The molecule has 0 aliphatic heterocycles. The van der Waals surface area contributed by atoms with E-state index >= 15 is 0 Å². The van der Waals surface area contributed by atoms with Crippen molar-refractivity contribution < 1.29 is 13.5 Å². The predicted molar refractivity (Wildman–Crippen MR) is 87.3 cm³/mol. The van der Waals surface area contributed by atoms with Crippen molar-refractivity contribution in [1.82, 2.24) is 4.72 Å². The molecule has 0 bridgehead atoms. The van der Waals surface area contributed by atoms with Crippen LogP contribution in [0.1, 0.15) is 31.2 Å². The molecule has 0 fully saturated rings. The average Bonchev–Trinajstić information content (AvgIpc) is 2.37. The van der Waals surface area contributed by atoms with Crippen LogP contribution < -0.4 is 4.72 Å². The number of aliphatic hydroxyl groups excluding tert-OH is 1. The SMILES string of the molecule is Cc1cc(Br)c(S(=O)(=O)NCCCCCCO)cc1Br. The van der Waals surface area contributed by atoms with E-state index in [0.717, 1.165) is 35.7 Å². The molecule has 0 saturated carbocycles. The molecule has 0 amide bonds. The second kappa shape index (κ2) is 8.48. The highest BCUT2D eigenvalue weighted by molar-refractivity contribution is 9.11. The molecule has 1 rings (SSSR count). The van der Waals surface area contributed by atoms with E-state index in [1.54, 1.807) is 12.1 Å². The van der Waals surface area contributed by atoms with E-state index in [9.17, 15) is 8.42 Å². The average molecular weight is 429 g/mol. The Labute approximate surface area is 137 Å². The largest absolute Gasteiger partial charge is 0.396 e. The molecule has 0 unspecified atom stereocenters. The lowest BCUT2D eigenvalue weighted by Gasteiger charge is -2.10. The Morgan fingerprint density at radius 2 is 1.75 bits per heavy atom. The van der Waals surface area contributed by atoms with Crippen LogP contribution in [0.4, 0.5) is 0 Å². The number of aryl methyl sites for hydroxylation is 1. The number of nitrogens with one attached hydrogen (secondary N) is 1. The first-order valence-electron chi connectivity index (χ1n) is 6.44. The molecule has 0 spiro atoms. The molecule has 7 heteroatoms. The van der Waals surface area contributed by atoms with Crippen LogP contribution in [0, 0.1) is 6.92 Å². The van der Waals surface area contributed by atoms with E-state index in [0.29, 0.717) is 11.0 Å². The minimum atomic E-state index is -3.50. The van der Waals surface area contributed by atoms with Gasteiger partial charge in [0, 0.05) is 22.1 Å². The molecular formula is C13H19Br2NO3S. The van der Waals surface area contributed by atoms with Gasteiger partial charge in [-0.2, -0.15) is 0 Å². The maximum Gasteiger partial charge on any atom is 0.241 e. The molecule has 2 N–H and O–H groups in total. The molecule has 0 aliphatic rings. The van der Waals surface area contributed by atoms with E-state index in [4.69, 9.17) is 5.11 Å². The molecular weight excluding hydrogens is 410 g/mol. The standard InChI is InChI=1S/C13H19Br2NO3S/c1-10-8-12(15)13(9-11(10)14)20(18,19)16-6-4-2-3-5-7-17/h8-9,16-17H,2-7H2,1H3. The van der Waals surface area contributed by atoms with Gasteiger partial charge in [0.25, 0.3) is 0 Å². The summed E-state index contributed by atoms with van der Waals surface area (Å²) >= 11 is 6.64. The third-order valence-corrected chi connectivity index (χ3v) is 6.15. The highest BCUT2D eigenvalue weighted by atomic mass is 79.9. The summed E-state index contributed by atoms with van der Waals surface area (Å²) in [6.45, 7) is 2.50. The lowest BCUT2D eigenvalue weighted by molar-refractivity contribution is 0.282. The van der Waals surface area contributed by atoms with Crippen LogP contribution in [0.3, 0.4) is 0 Å². The van der Waals surface area contributed by atoms with Crippen molar-refractivity contribution in [2.45, 2.75) is 37.5 Å². The van der Waals surface area contributed by atoms with Gasteiger partial charge in [0.05, 0.1) is 4.90 Å². The number of rotatable bonds is 8. The number of unbranched alkanes of at least 4 members (excludes halogenated alkanes) is 3. The van der Waals surface area contributed by atoms with Crippen molar-refractivity contribution in [3.63, 3.8) is 0 Å². The molecule has 114 valence electrons. The van der Waals surface area contributed by atoms with E-state index < -0.39 is 10.0 Å². The first kappa shape index (κ1) is 18.1. The third kappa shape index (κ3) is 5.44. The zero-order valence-electron chi connectivity index (χ0n) is 11.3. The van der Waals surface area contributed by atoms with Gasteiger partial charge in [0.1, 0.15) is 0 Å². The van der Waals surface area contributed by atoms with Gasteiger partial charge in [-0.25, -0.2) is 13.1 Å². The van der Waals surface area contributed by atoms with Crippen LogP contribution in [-0.4, -0.2) is 26.7 Å². The number of benzene rings is 1. The fraction of sp³-hybridized carbons (Fsp3) is 0.538. The fourth-order valence-electron chi connectivity index (χ4n) is 1.71. The summed E-state index contributed by atoms with van der Waals surface area (Å²) in [6.07, 6.45) is 3.35. The molecule has 0 atom stereocenters. The van der Waals surface area contributed by atoms with Gasteiger partial charge < -0.3 is 5.11 Å². The Kier molecular flexibility index (Phi) is 7.68. The Balaban J connectivity index is 2.63. The van der Waals surface area contributed by atoms with Crippen molar-refractivity contribution in [3.05, 3.63) is 26.6 Å². The van der Waals surface area contributed by atoms with Crippen molar-refractivity contribution >= 4 is 41.9 Å². The number of aliphatic hydroxyl groups is 1. The summed E-state index contributed by atoms with van der Waals surface area (Å²) in [7, 11) is -3.50. The number of hydrogen-bond acceptors (Lipinski definition) is 3. The topological polar surface area (TPSA) is 66.4 Å². The zero-order valence-corrected chi connectivity index (χ0v) is 15.3. The molecule has 1 aromatic rings. The molecule has 4 nitrogen and oxygen atoms in total. The molecule has 1 aromatic carbocycles. The van der Waals surface area contributed by atoms with Gasteiger partial charge >= 0.3 is 0 Å². The minimum absolute atomic E-state index is 0.191. The van der Waals surface area contributed by atoms with Crippen LogP contribution in [0.25, 0.3) is 0 Å². The van der Waals surface area contributed by atoms with Crippen LogP contribution in [0.15, 0.2) is 26.0 Å². The number of halogens is 2. The van der Waals surface area contributed by atoms with Gasteiger partial charge in [-0.3, -0.25) is 0 Å². The van der Waals surface area contributed by atoms with Gasteiger partial charge in [-0.15, -0.1) is 0 Å². The molecule has 0 saturated heterocycles. The fourth-order valence-corrected chi connectivity index (χ4v) is 4.46. The van der Waals surface area contributed by atoms with E-state index in [1.807, 2.05) is 6.92 Å². The lowest BCUT2D eigenvalue weighted by Crippen LogP contribution is -2.25. The summed E-state index contributed by atoms with van der Waals surface area (Å²) in [5.74, 6) is 0. The third-order valence-electron chi connectivity index (χ3n) is 2.88. The van der Waals surface area contributed by atoms with Gasteiger partial charge in [-0.1, -0.05) is 28.8 Å². The Morgan fingerprint density at radius 3 is 2.40 bits per heavy atom. The van der Waals surface area contributed by atoms with E-state index in [1.165, 1.54) is 0 Å². The van der Waals surface area contributed by atoms with Gasteiger partial charge in [0.15, 0.2) is 0 Å². The molecule has 0 heterocycles. The number of sulfonamides is 1. The second-order valence-electron chi connectivity index (χ2n) is 4.57. The second-order valence-corrected chi connectivity index (χ2v) is 8.01. The van der Waals surface area contributed by atoms with Crippen molar-refractivity contribution in [2.24, 2.45) is 0 Å². The van der Waals surface area contributed by atoms with Crippen molar-refractivity contribution in [3.8, 4) is 0 Å². The van der Waals surface area contributed by atoms with E-state index in [2.05, 4.69) is 36.6 Å². The first-order valence-corrected chi connectivity index (χ1v) is 9.51. The highest BCUT2D eigenvalue weighted by Crippen LogP contribution is 2.28. The van der Waals surface area contributed by atoms with Crippen LogP contribution in [0.5, 0.6) is 0 Å². The smallest absolute Gasteiger partial charge is 0.241 e. The van der Waals surface area contributed by atoms with Crippen LogP contribution in [-0.2, 0) is 10.0 Å². The Bertz CT molecular complexity index is 547. The summed E-state index contributed by atoms with van der Waals surface area (Å²) in [5.41, 5.74) is 0.972. The molecule has 0 aromatic heterocycles. The van der Waals surface area contributed by atoms with Gasteiger partial charge in [0.2, 0.25) is 10.0 Å². The summed E-state index contributed by atoms with van der Waals surface area (Å²) in [6, 6.07) is 3.38. The maximum absolute atomic E-state index is 12.2. The predicted octanol–water partition coefficient (Wildman–Crippen LogP) is 3.35. The zero-order chi connectivity index (χ0) is 15.2. The molecule has 0 aliphatic carbocycles. The van der Waals surface area contributed by atoms with E-state index in [-0.39, 0.29) is 11.5 Å². The lowest BCUT2D eigenvalue weighted by atomic mass is 10.2. The first-order chi connectivity index (χ1) is 9.38. The van der Waals surface area contributed by atoms with Crippen molar-refractivity contribution in [2.75, 3.05) is 13.2 Å². The quantitative estimate of drug-likeness (QED) is 0.624. The molecule has 0 radical (unpaired) electrons. The summed E-state index contributed by atoms with van der Waals surface area (Å²) < 4.78 is 28.3. The summed E-state index contributed by atoms with van der Waals surface area (Å²) in [5, 5.41) is 8.66. The monoisotopic (exact) mass is 427 g/mol. The minimum Gasteiger partial charge on any atom is -0.396 e. The van der Waals surface area contributed by atoms with Gasteiger partial charge in [-0.05, 0) is 53.4 Å². The maximum atomic E-state index is 12.2. The van der Waals surface area contributed by atoms with Crippen LogP contribution >= 0.6 is 31.9 Å². The highest BCUT2D eigenvalue weighted by Gasteiger charge is 2.18.